The quantitative estimate of drug-likeness (QED) is 0.448. The number of hydrogen-bond acceptors (Lipinski definition) is 2. The van der Waals surface area contributed by atoms with Crippen LogP contribution in [0.2, 0.25) is 0 Å². The summed E-state index contributed by atoms with van der Waals surface area (Å²) in [5.74, 6) is 0.169. The Labute approximate surface area is 150 Å². The first kappa shape index (κ1) is 19.2. The topological polar surface area (TPSA) is 30.3 Å². The second-order valence-corrected chi connectivity index (χ2v) is 6.65. The van der Waals surface area contributed by atoms with E-state index in [0.29, 0.717) is 5.69 Å². The van der Waals surface area contributed by atoms with E-state index >= 15 is 0 Å². The van der Waals surface area contributed by atoms with Crippen molar-refractivity contribution in [1.82, 2.24) is 0 Å². The van der Waals surface area contributed by atoms with Crippen LogP contribution in [0.15, 0.2) is 53.4 Å². The van der Waals surface area contributed by atoms with Crippen LogP contribution in [-0.4, -0.2) is 25.6 Å². The minimum atomic E-state index is -4.33. The summed E-state index contributed by atoms with van der Waals surface area (Å²) in [7, 11) is 3.43. The second-order valence-electron chi connectivity index (χ2n) is 5.51. The molecule has 0 fully saturated rings. The Balaban J connectivity index is 2.20. The van der Waals surface area contributed by atoms with Crippen LogP contribution >= 0.6 is 11.8 Å². The molecule has 0 aliphatic rings. The Kier molecular flexibility index (Phi) is 6.00. The average molecular weight is 367 g/mol. The molecule has 3 nitrogen and oxygen atoms in total. The van der Waals surface area contributed by atoms with Crippen molar-refractivity contribution in [3.05, 3.63) is 54.1 Å². The normalized spacial score (nSPS) is 11.3. The zero-order chi connectivity index (χ0) is 18.6. The molecule has 134 valence electrons. The molecule has 0 aromatic heterocycles. The van der Waals surface area contributed by atoms with Crippen LogP contribution < -0.4 is 9.80 Å². The van der Waals surface area contributed by atoms with Gasteiger partial charge in [-0.15, -0.1) is 0 Å². The summed E-state index contributed by atoms with van der Waals surface area (Å²) in [6.07, 6.45) is 0.890. The second kappa shape index (κ2) is 7.82. The van der Waals surface area contributed by atoms with Gasteiger partial charge in [-0.1, -0.05) is 25.1 Å². The summed E-state index contributed by atoms with van der Waals surface area (Å²) in [4.78, 5) is 3.35. The van der Waals surface area contributed by atoms with Gasteiger partial charge in [0.05, 0.1) is 0 Å². The number of hydrogen-bond donors (Lipinski definition) is 1. The predicted molar refractivity (Wildman–Crippen MR) is 98.7 cm³/mol. The first-order valence-electron chi connectivity index (χ1n) is 7.72. The van der Waals surface area contributed by atoms with Crippen molar-refractivity contribution in [1.29, 1.82) is 5.41 Å². The van der Waals surface area contributed by atoms with Gasteiger partial charge in [-0.05, 0) is 54.1 Å². The van der Waals surface area contributed by atoms with E-state index in [9.17, 15) is 13.2 Å². The Morgan fingerprint density at radius 1 is 1.00 bits per heavy atom. The highest BCUT2D eigenvalue weighted by Gasteiger charge is 2.29. The molecule has 0 aliphatic heterocycles. The number of anilines is 2. The molecular formula is C18H20F3N3S. The summed E-state index contributed by atoms with van der Waals surface area (Å²) in [6, 6.07) is 13.9. The molecule has 0 saturated heterocycles. The summed E-state index contributed by atoms with van der Waals surface area (Å²) in [5.41, 5.74) is -1.79. The first-order valence-corrected chi connectivity index (χ1v) is 8.53. The standard InChI is InChI=1S/C18H20F3N3S/c1-4-13-7-5-8-14(11-13)23(2)17(22)24(3)15-9-6-10-16(12-15)25-18(19,20)21/h5-12,22H,4H2,1-3H3. The molecule has 0 spiro atoms. The fraction of sp³-hybridized carbons (Fsp3) is 0.278. The Morgan fingerprint density at radius 2 is 1.56 bits per heavy atom. The SMILES string of the molecule is CCc1cccc(N(C)C(=N)N(C)c2cccc(SC(F)(F)F)c2)c1. The molecule has 25 heavy (non-hydrogen) atoms. The highest BCUT2D eigenvalue weighted by atomic mass is 32.2. The van der Waals surface area contributed by atoms with Crippen molar-refractivity contribution < 1.29 is 13.2 Å². The highest BCUT2D eigenvalue weighted by Crippen LogP contribution is 2.38. The molecule has 0 amide bonds. The van der Waals surface area contributed by atoms with Gasteiger partial charge < -0.3 is 9.80 Å². The molecule has 0 atom stereocenters. The number of nitrogens with zero attached hydrogens (tertiary/aromatic N) is 2. The van der Waals surface area contributed by atoms with Gasteiger partial charge >= 0.3 is 5.51 Å². The number of rotatable bonds is 4. The zero-order valence-electron chi connectivity index (χ0n) is 14.3. The van der Waals surface area contributed by atoms with E-state index in [-0.39, 0.29) is 22.6 Å². The van der Waals surface area contributed by atoms with Gasteiger partial charge in [-0.3, -0.25) is 5.41 Å². The molecule has 0 aliphatic carbocycles. The molecular weight excluding hydrogens is 347 g/mol. The van der Waals surface area contributed by atoms with Crippen LogP contribution in [0.3, 0.4) is 0 Å². The maximum absolute atomic E-state index is 12.6. The molecule has 0 radical (unpaired) electrons. The zero-order valence-corrected chi connectivity index (χ0v) is 15.1. The predicted octanol–water partition coefficient (Wildman–Crippen LogP) is 5.37. The van der Waals surface area contributed by atoms with Crippen molar-refractivity contribution >= 4 is 29.1 Å². The summed E-state index contributed by atoms with van der Waals surface area (Å²) >= 11 is -0.157. The van der Waals surface area contributed by atoms with Crippen LogP contribution in [0.1, 0.15) is 12.5 Å². The lowest BCUT2D eigenvalue weighted by Crippen LogP contribution is -2.39. The lowest BCUT2D eigenvalue weighted by atomic mass is 10.1. The summed E-state index contributed by atoms with van der Waals surface area (Å²) < 4.78 is 37.7. The van der Waals surface area contributed by atoms with Crippen molar-refractivity contribution in [3.63, 3.8) is 0 Å². The van der Waals surface area contributed by atoms with E-state index in [4.69, 9.17) is 5.41 Å². The Morgan fingerprint density at radius 3 is 2.12 bits per heavy atom. The van der Waals surface area contributed by atoms with E-state index in [1.165, 1.54) is 12.1 Å². The van der Waals surface area contributed by atoms with E-state index in [1.54, 1.807) is 36.0 Å². The molecule has 0 saturated carbocycles. The lowest BCUT2D eigenvalue weighted by molar-refractivity contribution is -0.0328. The van der Waals surface area contributed by atoms with E-state index in [1.807, 2.05) is 24.3 Å². The summed E-state index contributed by atoms with van der Waals surface area (Å²) in [6.45, 7) is 2.06. The molecule has 1 N–H and O–H groups in total. The Bertz CT molecular complexity index is 746. The van der Waals surface area contributed by atoms with Crippen LogP contribution in [0.5, 0.6) is 0 Å². The van der Waals surface area contributed by atoms with Crippen molar-refractivity contribution in [2.45, 2.75) is 23.7 Å². The molecule has 2 aromatic rings. The van der Waals surface area contributed by atoms with Gasteiger partial charge in [-0.2, -0.15) is 13.2 Å². The van der Waals surface area contributed by atoms with E-state index in [2.05, 4.69) is 6.92 Å². The van der Waals surface area contributed by atoms with Crippen molar-refractivity contribution in [3.8, 4) is 0 Å². The molecule has 2 aromatic carbocycles. The number of halogens is 3. The first-order chi connectivity index (χ1) is 11.7. The minimum Gasteiger partial charge on any atom is -0.316 e. The largest absolute Gasteiger partial charge is 0.446 e. The van der Waals surface area contributed by atoms with Crippen LogP contribution in [0.25, 0.3) is 0 Å². The number of guanidine groups is 1. The van der Waals surface area contributed by atoms with Crippen LogP contribution in [0.4, 0.5) is 24.5 Å². The van der Waals surface area contributed by atoms with Crippen LogP contribution in [-0.2, 0) is 6.42 Å². The monoisotopic (exact) mass is 367 g/mol. The third-order valence-electron chi connectivity index (χ3n) is 3.78. The fourth-order valence-electron chi connectivity index (χ4n) is 2.34. The number of benzene rings is 2. The van der Waals surface area contributed by atoms with Gasteiger partial charge in [-0.25, -0.2) is 0 Å². The molecule has 0 heterocycles. The molecule has 7 heteroatoms. The number of alkyl halides is 3. The van der Waals surface area contributed by atoms with Crippen LogP contribution in [0, 0.1) is 5.41 Å². The van der Waals surface area contributed by atoms with Gasteiger partial charge in [0, 0.05) is 30.4 Å². The Hall–Kier alpha value is -2.15. The van der Waals surface area contributed by atoms with E-state index < -0.39 is 5.51 Å². The smallest absolute Gasteiger partial charge is 0.316 e. The van der Waals surface area contributed by atoms with Gasteiger partial charge in [0.2, 0.25) is 5.96 Å². The highest BCUT2D eigenvalue weighted by molar-refractivity contribution is 8.00. The minimum absolute atomic E-state index is 0.0975. The molecule has 2 rings (SSSR count). The fourth-order valence-corrected chi connectivity index (χ4v) is 2.94. The summed E-state index contributed by atoms with van der Waals surface area (Å²) in [5, 5.41) is 8.38. The maximum Gasteiger partial charge on any atom is 0.446 e. The van der Waals surface area contributed by atoms with Gasteiger partial charge in [0.1, 0.15) is 0 Å². The third kappa shape index (κ3) is 5.16. The van der Waals surface area contributed by atoms with Crippen molar-refractivity contribution in [2.75, 3.05) is 23.9 Å². The number of aryl methyl sites for hydroxylation is 1. The molecule has 0 unspecified atom stereocenters. The average Bonchev–Trinajstić information content (AvgIpc) is 2.58. The van der Waals surface area contributed by atoms with Gasteiger partial charge in [0.15, 0.2) is 0 Å². The lowest BCUT2D eigenvalue weighted by Gasteiger charge is -2.28. The number of nitrogens with one attached hydrogen (secondary N) is 1. The van der Waals surface area contributed by atoms with E-state index in [0.717, 1.165) is 17.7 Å². The van der Waals surface area contributed by atoms with Crippen molar-refractivity contribution in [2.24, 2.45) is 0 Å². The van der Waals surface area contributed by atoms with Gasteiger partial charge in [0.25, 0.3) is 0 Å². The maximum atomic E-state index is 12.6. The number of thioether (sulfide) groups is 1. The third-order valence-corrected chi connectivity index (χ3v) is 4.50. The molecule has 0 bridgehead atoms.